The van der Waals surface area contributed by atoms with Crippen molar-refractivity contribution >= 4 is 15.9 Å². The van der Waals surface area contributed by atoms with Gasteiger partial charge in [0, 0.05) is 44.5 Å². The molecule has 0 spiro atoms. The SMILES string of the molecule is CC1CCCN(S(=O)(=O)NCC2CCN(c3ccc(F)c(F)c3)C2)C1. The van der Waals surface area contributed by atoms with Gasteiger partial charge in [-0.1, -0.05) is 6.92 Å². The maximum absolute atomic E-state index is 13.4. The van der Waals surface area contributed by atoms with E-state index in [1.165, 1.54) is 10.4 Å². The van der Waals surface area contributed by atoms with Crippen LogP contribution >= 0.6 is 0 Å². The van der Waals surface area contributed by atoms with Gasteiger partial charge in [0.15, 0.2) is 11.6 Å². The van der Waals surface area contributed by atoms with Gasteiger partial charge >= 0.3 is 0 Å². The van der Waals surface area contributed by atoms with Gasteiger partial charge in [0.05, 0.1) is 0 Å². The molecule has 2 aliphatic rings. The fourth-order valence-corrected chi connectivity index (χ4v) is 5.04. The Morgan fingerprint density at radius 3 is 2.68 bits per heavy atom. The van der Waals surface area contributed by atoms with Gasteiger partial charge in [0.25, 0.3) is 10.2 Å². The number of nitrogens with one attached hydrogen (secondary N) is 1. The number of hydrogen-bond donors (Lipinski definition) is 1. The standard InChI is InChI=1S/C17H25F2N3O2S/c1-13-3-2-7-22(11-13)25(23,24)20-10-14-6-8-21(12-14)15-4-5-16(18)17(19)9-15/h4-5,9,13-14,20H,2-3,6-8,10-12H2,1H3. The number of piperidine rings is 1. The molecule has 0 radical (unpaired) electrons. The van der Waals surface area contributed by atoms with E-state index in [-0.39, 0.29) is 5.92 Å². The third-order valence-corrected chi connectivity index (χ3v) is 6.61. The van der Waals surface area contributed by atoms with Gasteiger partial charge in [0.1, 0.15) is 0 Å². The van der Waals surface area contributed by atoms with Crippen molar-refractivity contribution in [2.75, 3.05) is 37.6 Å². The molecule has 0 amide bonds. The number of rotatable bonds is 5. The quantitative estimate of drug-likeness (QED) is 0.862. The number of anilines is 1. The van der Waals surface area contributed by atoms with E-state index in [1.54, 1.807) is 6.07 Å². The Hall–Kier alpha value is -1.25. The Kier molecular flexibility index (Phi) is 5.60. The highest BCUT2D eigenvalue weighted by molar-refractivity contribution is 7.87. The van der Waals surface area contributed by atoms with Crippen LogP contribution in [0.4, 0.5) is 14.5 Å². The Morgan fingerprint density at radius 2 is 1.96 bits per heavy atom. The summed E-state index contributed by atoms with van der Waals surface area (Å²) in [5.41, 5.74) is 0.633. The maximum atomic E-state index is 13.4. The van der Waals surface area contributed by atoms with Gasteiger partial charge in [0.2, 0.25) is 0 Å². The molecule has 2 atom stereocenters. The smallest absolute Gasteiger partial charge is 0.279 e. The summed E-state index contributed by atoms with van der Waals surface area (Å²) in [6.07, 6.45) is 2.78. The number of halogens is 2. The molecule has 2 saturated heterocycles. The van der Waals surface area contributed by atoms with E-state index in [2.05, 4.69) is 11.6 Å². The molecule has 2 fully saturated rings. The molecule has 0 bridgehead atoms. The minimum absolute atomic E-state index is 0.158. The fourth-order valence-electron chi connectivity index (χ4n) is 3.59. The Labute approximate surface area is 148 Å². The lowest BCUT2D eigenvalue weighted by Gasteiger charge is -2.30. The van der Waals surface area contributed by atoms with Crippen molar-refractivity contribution in [2.45, 2.75) is 26.2 Å². The number of benzene rings is 1. The topological polar surface area (TPSA) is 52.7 Å². The van der Waals surface area contributed by atoms with E-state index in [1.807, 2.05) is 4.90 Å². The van der Waals surface area contributed by atoms with Crippen molar-refractivity contribution in [2.24, 2.45) is 11.8 Å². The summed E-state index contributed by atoms with van der Waals surface area (Å²) in [6, 6.07) is 3.87. The van der Waals surface area contributed by atoms with Crippen molar-refractivity contribution in [3.8, 4) is 0 Å². The van der Waals surface area contributed by atoms with Crippen LogP contribution in [0.15, 0.2) is 18.2 Å². The highest BCUT2D eigenvalue weighted by Gasteiger charge is 2.29. The molecule has 140 valence electrons. The summed E-state index contributed by atoms with van der Waals surface area (Å²) in [5.74, 6) is -1.17. The lowest BCUT2D eigenvalue weighted by molar-refractivity contribution is 0.277. The molecular formula is C17H25F2N3O2S. The second kappa shape index (κ2) is 7.55. The van der Waals surface area contributed by atoms with E-state index in [0.29, 0.717) is 44.3 Å². The lowest BCUT2D eigenvalue weighted by Crippen LogP contribution is -2.46. The average Bonchev–Trinajstić information content (AvgIpc) is 3.05. The van der Waals surface area contributed by atoms with Crippen LogP contribution in [-0.4, -0.2) is 45.4 Å². The third-order valence-electron chi connectivity index (χ3n) is 5.07. The van der Waals surface area contributed by atoms with Crippen LogP contribution < -0.4 is 9.62 Å². The molecule has 0 saturated carbocycles. The highest BCUT2D eigenvalue weighted by Crippen LogP contribution is 2.25. The summed E-state index contributed by atoms with van der Waals surface area (Å²) in [7, 11) is -3.44. The highest BCUT2D eigenvalue weighted by atomic mass is 32.2. The van der Waals surface area contributed by atoms with Crippen LogP contribution in [0.2, 0.25) is 0 Å². The zero-order chi connectivity index (χ0) is 18.0. The van der Waals surface area contributed by atoms with Crippen LogP contribution in [-0.2, 0) is 10.2 Å². The predicted molar refractivity (Wildman–Crippen MR) is 93.6 cm³/mol. The first kappa shape index (κ1) is 18.5. The van der Waals surface area contributed by atoms with Gasteiger partial charge in [-0.2, -0.15) is 12.7 Å². The zero-order valence-electron chi connectivity index (χ0n) is 14.4. The van der Waals surface area contributed by atoms with Crippen LogP contribution in [0.3, 0.4) is 0 Å². The monoisotopic (exact) mass is 373 g/mol. The number of hydrogen-bond acceptors (Lipinski definition) is 3. The summed E-state index contributed by atoms with van der Waals surface area (Å²) >= 11 is 0. The molecule has 3 rings (SSSR count). The zero-order valence-corrected chi connectivity index (χ0v) is 15.2. The largest absolute Gasteiger partial charge is 0.371 e. The molecular weight excluding hydrogens is 348 g/mol. The minimum atomic E-state index is -3.44. The van der Waals surface area contributed by atoms with Crippen LogP contribution in [0.25, 0.3) is 0 Å². The van der Waals surface area contributed by atoms with Crippen molar-refractivity contribution in [1.29, 1.82) is 0 Å². The molecule has 1 aromatic carbocycles. The second-order valence-electron chi connectivity index (χ2n) is 7.16. The van der Waals surface area contributed by atoms with Crippen molar-refractivity contribution < 1.29 is 17.2 Å². The number of nitrogens with zero attached hydrogens (tertiary/aromatic N) is 2. The lowest BCUT2D eigenvalue weighted by atomic mass is 10.0. The second-order valence-corrected chi connectivity index (χ2v) is 8.91. The van der Waals surface area contributed by atoms with Crippen molar-refractivity contribution in [1.82, 2.24) is 9.03 Å². The summed E-state index contributed by atoms with van der Waals surface area (Å²) in [4.78, 5) is 1.96. The van der Waals surface area contributed by atoms with Crippen molar-refractivity contribution in [3.05, 3.63) is 29.8 Å². The molecule has 0 aromatic heterocycles. The normalized spacial score (nSPS) is 25.5. The first-order chi connectivity index (χ1) is 11.8. The average molecular weight is 373 g/mol. The molecule has 1 N–H and O–H groups in total. The fraction of sp³-hybridized carbons (Fsp3) is 0.647. The first-order valence-corrected chi connectivity index (χ1v) is 10.2. The van der Waals surface area contributed by atoms with E-state index < -0.39 is 21.8 Å². The molecule has 8 heteroatoms. The van der Waals surface area contributed by atoms with Crippen molar-refractivity contribution in [3.63, 3.8) is 0 Å². The summed E-state index contributed by atoms with van der Waals surface area (Å²) < 4.78 is 55.5. The van der Waals surface area contributed by atoms with E-state index in [0.717, 1.165) is 25.3 Å². The maximum Gasteiger partial charge on any atom is 0.279 e. The van der Waals surface area contributed by atoms with Crippen LogP contribution in [0.1, 0.15) is 26.2 Å². The Bertz CT molecular complexity index is 714. The molecule has 2 unspecified atom stereocenters. The summed E-state index contributed by atoms with van der Waals surface area (Å²) in [6.45, 7) is 4.92. The van der Waals surface area contributed by atoms with E-state index >= 15 is 0 Å². The van der Waals surface area contributed by atoms with Gasteiger partial charge in [-0.15, -0.1) is 0 Å². The molecule has 5 nitrogen and oxygen atoms in total. The Balaban J connectivity index is 1.53. The van der Waals surface area contributed by atoms with Gasteiger partial charge in [-0.05, 0) is 43.2 Å². The molecule has 2 aliphatic heterocycles. The minimum Gasteiger partial charge on any atom is -0.371 e. The van der Waals surface area contributed by atoms with Gasteiger partial charge in [-0.25, -0.2) is 13.5 Å². The molecule has 25 heavy (non-hydrogen) atoms. The van der Waals surface area contributed by atoms with Crippen LogP contribution in [0, 0.1) is 23.5 Å². The molecule has 1 aromatic rings. The predicted octanol–water partition coefficient (Wildman–Crippen LogP) is 2.36. The van der Waals surface area contributed by atoms with Gasteiger partial charge in [-0.3, -0.25) is 0 Å². The van der Waals surface area contributed by atoms with Crippen LogP contribution in [0.5, 0.6) is 0 Å². The third kappa shape index (κ3) is 4.48. The van der Waals surface area contributed by atoms with E-state index in [9.17, 15) is 17.2 Å². The molecule has 2 heterocycles. The molecule has 0 aliphatic carbocycles. The van der Waals surface area contributed by atoms with E-state index in [4.69, 9.17) is 0 Å². The first-order valence-electron chi connectivity index (χ1n) is 8.80. The Morgan fingerprint density at radius 1 is 1.16 bits per heavy atom. The van der Waals surface area contributed by atoms with Gasteiger partial charge < -0.3 is 4.90 Å². The summed E-state index contributed by atoms with van der Waals surface area (Å²) in [5, 5.41) is 0.